The van der Waals surface area contributed by atoms with Crippen LogP contribution >= 0.6 is 0 Å². The zero-order valence-electron chi connectivity index (χ0n) is 19.8. The molecule has 4 aromatic carbocycles. The van der Waals surface area contributed by atoms with E-state index in [1.54, 1.807) is 12.1 Å². The van der Waals surface area contributed by atoms with E-state index < -0.39 is 46.5 Å². The lowest BCUT2D eigenvalue weighted by atomic mass is 9.96. The first-order chi connectivity index (χ1) is 17.8. The zero-order valence-corrected chi connectivity index (χ0v) is 20.6. The number of hydrogen-bond donors (Lipinski definition) is 0. The predicted octanol–water partition coefficient (Wildman–Crippen LogP) is 6.67. The van der Waals surface area contributed by atoms with E-state index in [1.807, 2.05) is 60.7 Å². The Morgan fingerprint density at radius 1 is 0.838 bits per heavy atom. The van der Waals surface area contributed by atoms with Crippen LogP contribution in [0.3, 0.4) is 0 Å². The summed E-state index contributed by atoms with van der Waals surface area (Å²) >= 11 is 0. The summed E-state index contributed by atoms with van der Waals surface area (Å²) < 4.78 is 52.8. The third-order valence-electron chi connectivity index (χ3n) is 5.45. The van der Waals surface area contributed by atoms with Gasteiger partial charge in [0.1, 0.15) is 11.6 Å². The van der Waals surface area contributed by atoms with E-state index in [0.717, 1.165) is 26.8 Å². The Morgan fingerprint density at radius 3 is 1.95 bits per heavy atom. The van der Waals surface area contributed by atoms with Gasteiger partial charge in [-0.2, -0.15) is 0 Å². The first kappa shape index (κ1) is 25.9. The van der Waals surface area contributed by atoms with Gasteiger partial charge >= 0.3 is 5.97 Å². The molecule has 3 nitrogen and oxygen atoms in total. The van der Waals surface area contributed by atoms with Gasteiger partial charge in [0.05, 0.1) is 10.9 Å². The van der Waals surface area contributed by atoms with Crippen molar-refractivity contribution < 1.29 is 27.4 Å². The molecule has 0 spiro atoms. The van der Waals surface area contributed by atoms with Crippen molar-refractivity contribution in [2.45, 2.75) is 27.2 Å². The second-order valence-corrected chi connectivity index (χ2v) is 10.1. The molecule has 7 heteroatoms. The summed E-state index contributed by atoms with van der Waals surface area (Å²) in [5.74, 6) is -1.22. The van der Waals surface area contributed by atoms with Crippen molar-refractivity contribution in [2.24, 2.45) is 0 Å². The van der Waals surface area contributed by atoms with Crippen LogP contribution in [0.25, 0.3) is 0 Å². The Hall–Kier alpha value is -4.15. The van der Waals surface area contributed by atoms with Gasteiger partial charge in [-0.25, -0.2) is 18.0 Å². The standard InChI is InChI=1S/C30H22F3O3S/c1-3-30(2,21-16-22(31)18-23(32)17-21)36-29(34)20-35-28-19-26(14-15-27(28)33)37(24-10-6-4-7-11-24)25-12-8-5-9-13-25/h1,4-19H,20H2,2H3/q+1. The number of terminal acetylenes is 1. The minimum atomic E-state index is -1.75. The van der Waals surface area contributed by atoms with Crippen LogP contribution in [-0.2, 0) is 26.0 Å². The highest BCUT2D eigenvalue weighted by Gasteiger charge is 2.32. The van der Waals surface area contributed by atoms with E-state index in [9.17, 15) is 18.0 Å². The quantitative estimate of drug-likeness (QED) is 0.148. The molecule has 0 bridgehead atoms. The van der Waals surface area contributed by atoms with Crippen LogP contribution in [0, 0.1) is 29.8 Å². The van der Waals surface area contributed by atoms with E-state index in [2.05, 4.69) is 5.92 Å². The number of rotatable bonds is 8. The summed E-state index contributed by atoms with van der Waals surface area (Å²) in [5.41, 5.74) is -1.81. The second kappa shape index (κ2) is 11.3. The maximum atomic E-state index is 14.7. The van der Waals surface area contributed by atoms with Crippen molar-refractivity contribution in [3.8, 4) is 18.1 Å². The number of ether oxygens (including phenoxy) is 2. The Balaban J connectivity index is 1.56. The highest BCUT2D eigenvalue weighted by molar-refractivity contribution is 7.97. The minimum Gasteiger partial charge on any atom is -0.479 e. The fourth-order valence-corrected chi connectivity index (χ4v) is 5.74. The molecule has 0 aliphatic carbocycles. The van der Waals surface area contributed by atoms with Crippen molar-refractivity contribution in [1.29, 1.82) is 0 Å². The van der Waals surface area contributed by atoms with Crippen LogP contribution in [0.4, 0.5) is 13.2 Å². The van der Waals surface area contributed by atoms with Gasteiger partial charge in [-0.3, -0.25) is 0 Å². The van der Waals surface area contributed by atoms with Gasteiger partial charge < -0.3 is 9.47 Å². The summed E-state index contributed by atoms with van der Waals surface area (Å²) in [6.45, 7) is 0.658. The molecule has 0 radical (unpaired) electrons. The molecule has 0 saturated carbocycles. The van der Waals surface area contributed by atoms with Crippen molar-refractivity contribution in [1.82, 2.24) is 0 Å². The molecule has 1 atom stereocenters. The normalized spacial score (nSPS) is 12.4. The lowest BCUT2D eigenvalue weighted by molar-refractivity contribution is -0.156. The number of carbonyl (C=O) groups is 1. The molecule has 0 aliphatic rings. The minimum absolute atomic E-state index is 0.0520. The van der Waals surface area contributed by atoms with E-state index in [-0.39, 0.29) is 11.3 Å². The lowest BCUT2D eigenvalue weighted by Gasteiger charge is -2.24. The predicted molar refractivity (Wildman–Crippen MR) is 136 cm³/mol. The van der Waals surface area contributed by atoms with Gasteiger partial charge in [0.2, 0.25) is 0 Å². The molecule has 0 aliphatic heterocycles. The monoisotopic (exact) mass is 519 g/mol. The summed E-state index contributed by atoms with van der Waals surface area (Å²) in [4.78, 5) is 15.4. The molecular formula is C30H22F3O3S+. The largest absolute Gasteiger partial charge is 0.479 e. The van der Waals surface area contributed by atoms with E-state index in [1.165, 1.54) is 13.0 Å². The van der Waals surface area contributed by atoms with E-state index in [4.69, 9.17) is 15.9 Å². The summed E-state index contributed by atoms with van der Waals surface area (Å²) in [5, 5.41) is 0. The van der Waals surface area contributed by atoms with Crippen molar-refractivity contribution >= 4 is 16.9 Å². The molecule has 0 saturated heterocycles. The fraction of sp³-hybridized carbons (Fsp3) is 0.100. The van der Waals surface area contributed by atoms with E-state index >= 15 is 0 Å². The number of hydrogen-bond acceptors (Lipinski definition) is 3. The maximum Gasteiger partial charge on any atom is 0.345 e. The SMILES string of the molecule is C#CC(C)(OC(=O)COc1cc([S+](c2ccccc2)c2ccccc2)ccc1F)c1cc(F)cc(F)c1. The van der Waals surface area contributed by atoms with Crippen LogP contribution in [0.2, 0.25) is 0 Å². The molecule has 0 heterocycles. The number of halogens is 3. The Labute approximate surface area is 216 Å². The summed E-state index contributed by atoms with van der Waals surface area (Å²) in [6, 6.07) is 26.7. The van der Waals surface area contributed by atoms with Crippen molar-refractivity contribution in [2.75, 3.05) is 6.61 Å². The van der Waals surface area contributed by atoms with Crippen LogP contribution in [0.15, 0.2) is 112 Å². The smallest absolute Gasteiger partial charge is 0.345 e. The fourth-order valence-electron chi connectivity index (χ4n) is 3.64. The van der Waals surface area contributed by atoms with Crippen LogP contribution in [0.5, 0.6) is 5.75 Å². The molecule has 186 valence electrons. The molecule has 0 amide bonds. The van der Waals surface area contributed by atoms with Gasteiger partial charge in [-0.15, -0.1) is 6.42 Å². The third-order valence-corrected chi connectivity index (χ3v) is 7.66. The first-order valence-corrected chi connectivity index (χ1v) is 12.4. The molecular weight excluding hydrogens is 497 g/mol. The van der Waals surface area contributed by atoms with Gasteiger partial charge in [-0.1, -0.05) is 42.3 Å². The van der Waals surface area contributed by atoms with Gasteiger partial charge in [0.15, 0.2) is 38.5 Å². The lowest BCUT2D eigenvalue weighted by Crippen LogP contribution is -2.30. The molecule has 0 fully saturated rings. The van der Waals surface area contributed by atoms with Gasteiger partial charge in [0, 0.05) is 17.7 Å². The number of benzene rings is 4. The molecule has 4 aromatic rings. The average Bonchev–Trinajstić information content (AvgIpc) is 2.89. The Morgan fingerprint density at radius 2 is 1.41 bits per heavy atom. The molecule has 0 N–H and O–H groups in total. The number of carbonyl (C=O) groups excluding carboxylic acids is 1. The Bertz CT molecular complexity index is 1380. The van der Waals surface area contributed by atoms with Gasteiger partial charge in [-0.05, 0) is 55.5 Å². The molecule has 1 unspecified atom stereocenters. The Kier molecular flexibility index (Phi) is 7.90. The zero-order chi connectivity index (χ0) is 26.4. The van der Waals surface area contributed by atoms with Crippen LogP contribution in [0.1, 0.15) is 12.5 Å². The average molecular weight is 520 g/mol. The van der Waals surface area contributed by atoms with Gasteiger partial charge in [0.25, 0.3) is 0 Å². The van der Waals surface area contributed by atoms with Crippen LogP contribution < -0.4 is 4.74 Å². The highest BCUT2D eigenvalue weighted by Crippen LogP contribution is 2.34. The molecule has 37 heavy (non-hydrogen) atoms. The maximum absolute atomic E-state index is 14.7. The highest BCUT2D eigenvalue weighted by atomic mass is 32.2. The summed E-state index contributed by atoms with van der Waals surface area (Å²) in [6.07, 6.45) is 5.51. The third kappa shape index (κ3) is 6.16. The molecule has 0 aromatic heterocycles. The second-order valence-electron chi connectivity index (χ2n) is 8.12. The first-order valence-electron chi connectivity index (χ1n) is 11.2. The van der Waals surface area contributed by atoms with Crippen LogP contribution in [-0.4, -0.2) is 12.6 Å². The van der Waals surface area contributed by atoms with Crippen molar-refractivity contribution in [3.63, 3.8) is 0 Å². The topological polar surface area (TPSA) is 35.5 Å². The summed E-state index contributed by atoms with van der Waals surface area (Å²) in [7, 11) is -0.555. The molecule has 4 rings (SSSR count). The van der Waals surface area contributed by atoms with E-state index in [0.29, 0.717) is 6.07 Å². The number of esters is 1. The van der Waals surface area contributed by atoms with Crippen molar-refractivity contribution in [3.05, 3.63) is 120 Å².